The average molecular weight is 234 g/mol. The highest BCUT2D eigenvalue weighted by Gasteiger charge is 2.20. The summed E-state index contributed by atoms with van der Waals surface area (Å²) in [5.74, 6) is -0.165. The molecule has 1 saturated heterocycles. The summed E-state index contributed by atoms with van der Waals surface area (Å²) in [6, 6.07) is 5.03. The van der Waals surface area contributed by atoms with Gasteiger partial charge in [-0.15, -0.1) is 6.58 Å². The van der Waals surface area contributed by atoms with E-state index in [1.165, 1.54) is 6.07 Å². The van der Waals surface area contributed by atoms with Crippen molar-refractivity contribution in [1.29, 1.82) is 0 Å². The lowest BCUT2D eigenvalue weighted by atomic mass is 10.0. The summed E-state index contributed by atoms with van der Waals surface area (Å²) in [6.07, 6.45) is 1.87. The van der Waals surface area contributed by atoms with Crippen molar-refractivity contribution in [3.05, 3.63) is 36.4 Å². The normalized spacial score (nSPS) is 18.8. The summed E-state index contributed by atoms with van der Waals surface area (Å²) < 4.78 is 0. The molecule has 0 aliphatic carbocycles. The van der Waals surface area contributed by atoms with Gasteiger partial charge in [-0.3, -0.25) is 4.90 Å². The van der Waals surface area contributed by atoms with Crippen molar-refractivity contribution < 1.29 is 10.2 Å². The zero-order valence-corrected chi connectivity index (χ0v) is 9.76. The number of benzene rings is 1. The molecule has 0 radical (unpaired) electrons. The average Bonchev–Trinajstić information content (AvgIpc) is 2.36. The first-order chi connectivity index (χ1) is 8.22. The molecule has 4 heteroatoms. The molecule has 1 heterocycles. The number of phenols is 2. The van der Waals surface area contributed by atoms with Crippen LogP contribution in [-0.2, 0) is 0 Å². The Balaban J connectivity index is 2.21. The van der Waals surface area contributed by atoms with E-state index in [1.54, 1.807) is 6.07 Å². The fraction of sp³-hybridized carbons (Fsp3) is 0.385. The Morgan fingerprint density at radius 2 is 1.94 bits per heavy atom. The summed E-state index contributed by atoms with van der Waals surface area (Å²) in [5.41, 5.74) is 0.956. The third kappa shape index (κ3) is 2.60. The molecule has 1 atom stereocenters. The van der Waals surface area contributed by atoms with Gasteiger partial charge in [-0.1, -0.05) is 12.1 Å². The van der Waals surface area contributed by atoms with Crippen molar-refractivity contribution in [2.75, 3.05) is 26.2 Å². The van der Waals surface area contributed by atoms with E-state index in [9.17, 15) is 10.2 Å². The quantitative estimate of drug-likeness (QED) is 0.544. The molecule has 0 unspecified atom stereocenters. The van der Waals surface area contributed by atoms with Gasteiger partial charge in [0, 0.05) is 26.2 Å². The molecule has 17 heavy (non-hydrogen) atoms. The van der Waals surface area contributed by atoms with Gasteiger partial charge in [-0.2, -0.15) is 0 Å². The molecule has 0 amide bonds. The molecular formula is C13H18N2O2. The fourth-order valence-electron chi connectivity index (χ4n) is 2.18. The SMILES string of the molecule is C=C[C@@H](c1ccc(O)c(O)c1)N1CCNCC1. The van der Waals surface area contributed by atoms with Crippen molar-refractivity contribution >= 4 is 0 Å². The number of hydrogen-bond acceptors (Lipinski definition) is 4. The molecule has 0 aromatic heterocycles. The highest BCUT2D eigenvalue weighted by atomic mass is 16.3. The molecule has 92 valence electrons. The van der Waals surface area contributed by atoms with E-state index in [2.05, 4.69) is 16.8 Å². The predicted octanol–water partition coefficient (Wildman–Crippen LogP) is 1.23. The predicted molar refractivity (Wildman–Crippen MR) is 67.2 cm³/mol. The standard InChI is InChI=1S/C13H18N2O2/c1-2-11(15-7-5-14-6-8-15)10-3-4-12(16)13(17)9-10/h2-4,9,11,14,16-17H,1,5-8H2/t11-/m0/s1. The third-order valence-corrected chi connectivity index (χ3v) is 3.11. The van der Waals surface area contributed by atoms with Crippen molar-refractivity contribution in [2.45, 2.75) is 6.04 Å². The molecule has 1 aromatic rings. The fourth-order valence-corrected chi connectivity index (χ4v) is 2.18. The van der Waals surface area contributed by atoms with Gasteiger partial charge in [0.15, 0.2) is 11.5 Å². The molecule has 0 spiro atoms. The van der Waals surface area contributed by atoms with Crippen LogP contribution in [0.2, 0.25) is 0 Å². The summed E-state index contributed by atoms with van der Waals surface area (Å²) in [6.45, 7) is 7.71. The summed E-state index contributed by atoms with van der Waals surface area (Å²) in [4.78, 5) is 2.30. The van der Waals surface area contributed by atoms with E-state index in [-0.39, 0.29) is 17.5 Å². The second kappa shape index (κ2) is 5.21. The summed E-state index contributed by atoms with van der Waals surface area (Å²) in [5, 5.41) is 22.1. The maximum Gasteiger partial charge on any atom is 0.157 e. The number of nitrogens with zero attached hydrogens (tertiary/aromatic N) is 1. The van der Waals surface area contributed by atoms with Crippen LogP contribution in [0.3, 0.4) is 0 Å². The van der Waals surface area contributed by atoms with Crippen LogP contribution in [0, 0.1) is 0 Å². The molecule has 1 aromatic carbocycles. The molecule has 3 N–H and O–H groups in total. The topological polar surface area (TPSA) is 55.7 Å². The highest BCUT2D eigenvalue weighted by molar-refractivity contribution is 5.42. The number of aromatic hydroxyl groups is 2. The smallest absolute Gasteiger partial charge is 0.157 e. The van der Waals surface area contributed by atoms with E-state index in [0.717, 1.165) is 31.7 Å². The first-order valence-electron chi connectivity index (χ1n) is 5.81. The summed E-state index contributed by atoms with van der Waals surface area (Å²) in [7, 11) is 0. The lowest BCUT2D eigenvalue weighted by Crippen LogP contribution is -2.44. The number of piperazine rings is 1. The largest absolute Gasteiger partial charge is 0.504 e. The van der Waals surface area contributed by atoms with Gasteiger partial charge in [0.05, 0.1) is 6.04 Å². The third-order valence-electron chi connectivity index (χ3n) is 3.11. The minimum absolute atomic E-state index is 0.0792. The van der Waals surface area contributed by atoms with Crippen molar-refractivity contribution in [3.63, 3.8) is 0 Å². The number of nitrogens with one attached hydrogen (secondary N) is 1. The van der Waals surface area contributed by atoms with Crippen LogP contribution in [0.25, 0.3) is 0 Å². The first-order valence-corrected chi connectivity index (χ1v) is 5.81. The van der Waals surface area contributed by atoms with E-state index < -0.39 is 0 Å². The highest BCUT2D eigenvalue weighted by Crippen LogP contribution is 2.30. The Bertz CT molecular complexity index is 400. The molecule has 0 saturated carbocycles. The van der Waals surface area contributed by atoms with E-state index in [1.807, 2.05) is 12.1 Å². The zero-order chi connectivity index (χ0) is 12.3. The Morgan fingerprint density at radius 3 is 2.53 bits per heavy atom. The van der Waals surface area contributed by atoms with Crippen LogP contribution in [-0.4, -0.2) is 41.3 Å². The van der Waals surface area contributed by atoms with E-state index >= 15 is 0 Å². The second-order valence-corrected chi connectivity index (χ2v) is 4.21. The number of rotatable bonds is 3. The van der Waals surface area contributed by atoms with Gasteiger partial charge in [0.2, 0.25) is 0 Å². The minimum Gasteiger partial charge on any atom is -0.504 e. The molecular weight excluding hydrogens is 216 g/mol. The Labute approximate surface area is 101 Å². The van der Waals surface area contributed by atoms with Crippen LogP contribution >= 0.6 is 0 Å². The molecule has 1 aliphatic heterocycles. The van der Waals surface area contributed by atoms with Crippen LogP contribution < -0.4 is 5.32 Å². The molecule has 2 rings (SSSR count). The monoisotopic (exact) mass is 234 g/mol. The van der Waals surface area contributed by atoms with Crippen LogP contribution in [0.5, 0.6) is 11.5 Å². The second-order valence-electron chi connectivity index (χ2n) is 4.21. The molecule has 4 nitrogen and oxygen atoms in total. The number of hydrogen-bond donors (Lipinski definition) is 3. The molecule has 1 fully saturated rings. The van der Waals surface area contributed by atoms with Crippen LogP contribution in [0.15, 0.2) is 30.9 Å². The lowest BCUT2D eigenvalue weighted by molar-refractivity contribution is 0.203. The van der Waals surface area contributed by atoms with Crippen LogP contribution in [0.1, 0.15) is 11.6 Å². The molecule has 0 bridgehead atoms. The first kappa shape index (κ1) is 12.0. The lowest BCUT2D eigenvalue weighted by Gasteiger charge is -2.33. The van der Waals surface area contributed by atoms with Gasteiger partial charge < -0.3 is 15.5 Å². The minimum atomic E-state index is -0.0862. The van der Waals surface area contributed by atoms with Gasteiger partial charge in [0.1, 0.15) is 0 Å². The van der Waals surface area contributed by atoms with Gasteiger partial charge >= 0.3 is 0 Å². The maximum atomic E-state index is 9.53. The van der Waals surface area contributed by atoms with Gasteiger partial charge in [-0.25, -0.2) is 0 Å². The zero-order valence-electron chi connectivity index (χ0n) is 9.76. The van der Waals surface area contributed by atoms with Crippen molar-refractivity contribution in [2.24, 2.45) is 0 Å². The van der Waals surface area contributed by atoms with Crippen molar-refractivity contribution in [1.82, 2.24) is 10.2 Å². The Hall–Kier alpha value is -1.52. The number of phenolic OH excluding ortho intramolecular Hbond substituents is 2. The van der Waals surface area contributed by atoms with Gasteiger partial charge in [-0.05, 0) is 17.7 Å². The maximum absolute atomic E-state index is 9.53. The Morgan fingerprint density at radius 1 is 1.24 bits per heavy atom. The van der Waals surface area contributed by atoms with E-state index in [0.29, 0.717) is 0 Å². The van der Waals surface area contributed by atoms with Gasteiger partial charge in [0.25, 0.3) is 0 Å². The Kier molecular flexibility index (Phi) is 3.66. The van der Waals surface area contributed by atoms with E-state index in [4.69, 9.17) is 0 Å². The van der Waals surface area contributed by atoms with Crippen molar-refractivity contribution in [3.8, 4) is 11.5 Å². The summed E-state index contributed by atoms with van der Waals surface area (Å²) >= 11 is 0. The van der Waals surface area contributed by atoms with Crippen LogP contribution in [0.4, 0.5) is 0 Å². The molecule has 1 aliphatic rings.